The molecule has 2 atom stereocenters. The summed E-state index contributed by atoms with van der Waals surface area (Å²) in [6.07, 6.45) is 0.676. The van der Waals surface area contributed by atoms with Gasteiger partial charge in [-0.2, -0.15) is 0 Å². The predicted molar refractivity (Wildman–Crippen MR) is 82.0 cm³/mol. The molecular formula is C17H18N2O2. The fraction of sp³-hybridized carbons (Fsp3) is 0.235. The van der Waals surface area contributed by atoms with Crippen molar-refractivity contribution in [2.75, 3.05) is 11.9 Å². The Hall–Kier alpha value is -2.33. The summed E-state index contributed by atoms with van der Waals surface area (Å²) in [4.78, 5) is 12.4. The van der Waals surface area contributed by atoms with Crippen LogP contribution in [0.25, 0.3) is 0 Å². The van der Waals surface area contributed by atoms with E-state index in [-0.39, 0.29) is 24.6 Å². The third kappa shape index (κ3) is 2.90. The highest BCUT2D eigenvalue weighted by Gasteiger charge is 2.27. The summed E-state index contributed by atoms with van der Waals surface area (Å²) in [7, 11) is 0. The molecule has 21 heavy (non-hydrogen) atoms. The molecule has 3 rings (SSSR count). The lowest BCUT2D eigenvalue weighted by Gasteiger charge is -2.19. The van der Waals surface area contributed by atoms with Crippen molar-refractivity contribution in [3.63, 3.8) is 0 Å². The molecule has 1 aliphatic rings. The molecule has 0 radical (unpaired) electrons. The van der Waals surface area contributed by atoms with Crippen molar-refractivity contribution in [2.45, 2.75) is 18.5 Å². The van der Waals surface area contributed by atoms with E-state index >= 15 is 0 Å². The maximum absolute atomic E-state index is 12.4. The molecule has 2 aromatic rings. The van der Waals surface area contributed by atoms with Gasteiger partial charge in [0.25, 0.3) is 0 Å². The maximum atomic E-state index is 12.4. The van der Waals surface area contributed by atoms with Crippen molar-refractivity contribution in [1.82, 2.24) is 5.32 Å². The first-order chi connectivity index (χ1) is 10.3. The van der Waals surface area contributed by atoms with E-state index in [4.69, 9.17) is 0 Å². The van der Waals surface area contributed by atoms with Gasteiger partial charge in [-0.1, -0.05) is 48.5 Å². The lowest BCUT2D eigenvalue weighted by atomic mass is 10.1. The Kier molecular flexibility index (Phi) is 3.88. The fourth-order valence-corrected chi connectivity index (χ4v) is 2.65. The standard InChI is InChI=1S/C17H18N2O2/c20-11-16(12-6-2-1-3-7-12)19-17(21)15-10-13-8-4-5-9-14(13)18-15/h1-9,15-16,18,20H,10-11H2,(H,19,21)/t15-,16-/m0/s1. The number of amides is 1. The Morgan fingerprint density at radius 2 is 1.90 bits per heavy atom. The van der Waals surface area contributed by atoms with Crippen LogP contribution < -0.4 is 10.6 Å². The van der Waals surface area contributed by atoms with E-state index in [2.05, 4.69) is 10.6 Å². The smallest absolute Gasteiger partial charge is 0.243 e. The van der Waals surface area contributed by atoms with Crippen LogP contribution in [0, 0.1) is 0 Å². The van der Waals surface area contributed by atoms with Crippen LogP contribution in [0.4, 0.5) is 5.69 Å². The molecule has 1 heterocycles. The zero-order chi connectivity index (χ0) is 14.7. The number of hydrogen-bond acceptors (Lipinski definition) is 3. The lowest BCUT2D eigenvalue weighted by Crippen LogP contribution is -2.41. The Balaban J connectivity index is 1.67. The summed E-state index contributed by atoms with van der Waals surface area (Å²) in [5.74, 6) is -0.0888. The second kappa shape index (κ2) is 5.97. The fourth-order valence-electron chi connectivity index (χ4n) is 2.65. The molecule has 1 amide bonds. The van der Waals surface area contributed by atoms with Gasteiger partial charge < -0.3 is 15.7 Å². The monoisotopic (exact) mass is 282 g/mol. The van der Waals surface area contributed by atoms with Gasteiger partial charge in [-0.15, -0.1) is 0 Å². The van der Waals surface area contributed by atoms with Gasteiger partial charge in [0.2, 0.25) is 5.91 Å². The van der Waals surface area contributed by atoms with E-state index in [0.29, 0.717) is 6.42 Å². The minimum atomic E-state index is -0.371. The summed E-state index contributed by atoms with van der Waals surface area (Å²) in [6, 6.07) is 16.8. The summed E-state index contributed by atoms with van der Waals surface area (Å²) in [5, 5.41) is 15.6. The van der Waals surface area contributed by atoms with Gasteiger partial charge in [-0.3, -0.25) is 4.79 Å². The van der Waals surface area contributed by atoms with Gasteiger partial charge >= 0.3 is 0 Å². The first-order valence-corrected chi connectivity index (χ1v) is 7.08. The van der Waals surface area contributed by atoms with Gasteiger partial charge in [0, 0.05) is 12.1 Å². The Morgan fingerprint density at radius 1 is 1.19 bits per heavy atom. The highest BCUT2D eigenvalue weighted by Crippen LogP contribution is 2.25. The average Bonchev–Trinajstić information content (AvgIpc) is 2.97. The van der Waals surface area contributed by atoms with Gasteiger partial charge in [0.15, 0.2) is 0 Å². The van der Waals surface area contributed by atoms with Gasteiger partial charge in [-0.25, -0.2) is 0 Å². The number of hydrogen-bond donors (Lipinski definition) is 3. The SMILES string of the molecule is O=C(N[C@@H](CO)c1ccccc1)[C@@H]1Cc2ccccc2N1. The largest absolute Gasteiger partial charge is 0.394 e. The van der Waals surface area contributed by atoms with Crippen molar-refractivity contribution in [3.8, 4) is 0 Å². The molecule has 0 saturated heterocycles. The summed E-state index contributed by atoms with van der Waals surface area (Å²) in [5.41, 5.74) is 3.07. The minimum absolute atomic E-state index is 0.0888. The molecule has 2 aromatic carbocycles. The normalized spacial score (nSPS) is 17.7. The number of rotatable bonds is 4. The highest BCUT2D eigenvalue weighted by molar-refractivity contribution is 5.87. The molecule has 0 spiro atoms. The van der Waals surface area contributed by atoms with Crippen LogP contribution in [0.3, 0.4) is 0 Å². The number of para-hydroxylation sites is 1. The first-order valence-electron chi connectivity index (χ1n) is 7.08. The third-order valence-corrected chi connectivity index (χ3v) is 3.79. The molecule has 108 valence electrons. The minimum Gasteiger partial charge on any atom is -0.394 e. The van der Waals surface area contributed by atoms with Crippen LogP contribution >= 0.6 is 0 Å². The van der Waals surface area contributed by atoms with E-state index in [1.807, 2.05) is 54.6 Å². The number of aliphatic hydroxyl groups excluding tert-OH is 1. The van der Waals surface area contributed by atoms with Crippen LogP contribution in [0.5, 0.6) is 0 Å². The molecule has 3 N–H and O–H groups in total. The number of carbonyl (C=O) groups excluding carboxylic acids is 1. The van der Waals surface area contributed by atoms with E-state index in [0.717, 1.165) is 16.8 Å². The Bertz CT molecular complexity index is 603. The van der Waals surface area contributed by atoms with Crippen LogP contribution in [-0.2, 0) is 11.2 Å². The number of benzene rings is 2. The van der Waals surface area contributed by atoms with Crippen LogP contribution in [-0.4, -0.2) is 23.7 Å². The topological polar surface area (TPSA) is 61.4 Å². The third-order valence-electron chi connectivity index (χ3n) is 3.79. The van der Waals surface area contributed by atoms with Gasteiger partial charge in [0.05, 0.1) is 12.6 Å². The molecular weight excluding hydrogens is 264 g/mol. The molecule has 4 nitrogen and oxygen atoms in total. The second-order valence-corrected chi connectivity index (χ2v) is 5.21. The molecule has 0 unspecified atom stereocenters. The quantitative estimate of drug-likeness (QED) is 0.802. The average molecular weight is 282 g/mol. The molecule has 4 heteroatoms. The summed E-state index contributed by atoms with van der Waals surface area (Å²) >= 11 is 0. The van der Waals surface area contributed by atoms with Crippen molar-refractivity contribution < 1.29 is 9.90 Å². The number of fused-ring (bicyclic) bond motifs is 1. The van der Waals surface area contributed by atoms with E-state index in [1.165, 1.54) is 0 Å². The Labute approximate surface area is 123 Å². The molecule has 0 bridgehead atoms. The van der Waals surface area contributed by atoms with Crippen molar-refractivity contribution in [3.05, 3.63) is 65.7 Å². The van der Waals surface area contributed by atoms with Crippen LogP contribution in [0.1, 0.15) is 17.2 Å². The van der Waals surface area contributed by atoms with E-state index in [9.17, 15) is 9.90 Å². The lowest BCUT2D eigenvalue weighted by molar-refractivity contribution is -0.122. The first kappa shape index (κ1) is 13.6. The molecule has 0 aliphatic carbocycles. The van der Waals surface area contributed by atoms with Crippen LogP contribution in [0.2, 0.25) is 0 Å². The van der Waals surface area contributed by atoms with E-state index < -0.39 is 0 Å². The Morgan fingerprint density at radius 3 is 2.62 bits per heavy atom. The predicted octanol–water partition coefficient (Wildman–Crippen LogP) is 1.87. The molecule has 0 aromatic heterocycles. The maximum Gasteiger partial charge on any atom is 0.243 e. The zero-order valence-corrected chi connectivity index (χ0v) is 11.6. The molecule has 1 aliphatic heterocycles. The van der Waals surface area contributed by atoms with Gasteiger partial charge in [-0.05, 0) is 17.2 Å². The van der Waals surface area contributed by atoms with Gasteiger partial charge in [0.1, 0.15) is 6.04 Å². The molecule has 0 fully saturated rings. The van der Waals surface area contributed by atoms with Crippen molar-refractivity contribution in [2.24, 2.45) is 0 Å². The summed E-state index contributed by atoms with van der Waals surface area (Å²) < 4.78 is 0. The van der Waals surface area contributed by atoms with Crippen molar-refractivity contribution >= 4 is 11.6 Å². The summed E-state index contributed by atoms with van der Waals surface area (Å²) in [6.45, 7) is -0.116. The van der Waals surface area contributed by atoms with Crippen molar-refractivity contribution in [1.29, 1.82) is 0 Å². The zero-order valence-electron chi connectivity index (χ0n) is 11.6. The number of anilines is 1. The number of aliphatic hydroxyl groups is 1. The van der Waals surface area contributed by atoms with Crippen LogP contribution in [0.15, 0.2) is 54.6 Å². The molecule has 0 saturated carbocycles. The highest BCUT2D eigenvalue weighted by atomic mass is 16.3. The second-order valence-electron chi connectivity index (χ2n) is 5.21. The van der Waals surface area contributed by atoms with E-state index in [1.54, 1.807) is 0 Å². The number of carbonyl (C=O) groups is 1. The number of nitrogens with one attached hydrogen (secondary N) is 2.